The maximum absolute atomic E-state index is 12.3. The molecule has 0 saturated heterocycles. The van der Waals surface area contributed by atoms with Crippen molar-refractivity contribution >= 4 is 56.2 Å². The van der Waals surface area contributed by atoms with Crippen LogP contribution in [0.25, 0.3) is 0 Å². The first kappa shape index (κ1) is 16.0. The third-order valence-electron chi connectivity index (χ3n) is 2.35. The van der Waals surface area contributed by atoms with Crippen LogP contribution in [0.2, 0.25) is 10.0 Å². The molecule has 10 heteroatoms. The normalized spacial score (nSPS) is 11.2. The van der Waals surface area contributed by atoms with Crippen LogP contribution in [0.3, 0.4) is 0 Å². The van der Waals surface area contributed by atoms with Crippen LogP contribution in [0.1, 0.15) is 10.5 Å². The van der Waals surface area contributed by atoms with Gasteiger partial charge in [-0.15, -0.1) is 11.3 Å². The van der Waals surface area contributed by atoms with Crippen LogP contribution in [-0.4, -0.2) is 26.5 Å². The van der Waals surface area contributed by atoms with Crippen LogP contribution in [0.15, 0.2) is 27.9 Å². The topological polar surface area (TPSA) is 85.4 Å². The largest absolute Gasteiger partial charge is 0.464 e. The smallest absolute Gasteiger partial charge is 0.358 e. The standard InChI is InChI=1S/C11H8Cl2N2O4S2/c1-19-10(16)9-11(20-5-14-9)21(17,18)15-7-4-2-3-6(12)8(7)13/h2-5,15H,1H3. The molecule has 0 spiro atoms. The number of halogens is 2. The average molecular weight is 367 g/mol. The Morgan fingerprint density at radius 2 is 2.10 bits per heavy atom. The lowest BCUT2D eigenvalue weighted by Crippen LogP contribution is -2.16. The lowest BCUT2D eigenvalue weighted by Gasteiger charge is -2.09. The van der Waals surface area contributed by atoms with Gasteiger partial charge in [0.25, 0.3) is 10.0 Å². The summed E-state index contributed by atoms with van der Waals surface area (Å²) in [6, 6.07) is 4.51. The summed E-state index contributed by atoms with van der Waals surface area (Å²) in [4.78, 5) is 15.2. The quantitative estimate of drug-likeness (QED) is 0.840. The zero-order chi connectivity index (χ0) is 15.6. The Labute approximate surface area is 134 Å². The summed E-state index contributed by atoms with van der Waals surface area (Å²) in [7, 11) is -2.89. The third-order valence-corrected chi connectivity index (χ3v) is 5.91. The molecule has 1 heterocycles. The summed E-state index contributed by atoms with van der Waals surface area (Å²) >= 11 is 12.5. The van der Waals surface area contributed by atoms with E-state index < -0.39 is 16.0 Å². The van der Waals surface area contributed by atoms with Crippen molar-refractivity contribution in [2.75, 3.05) is 11.8 Å². The van der Waals surface area contributed by atoms with Crippen molar-refractivity contribution in [1.82, 2.24) is 4.98 Å². The number of carbonyl (C=O) groups is 1. The predicted octanol–water partition coefficient (Wildman–Crippen LogP) is 3.04. The maximum Gasteiger partial charge on any atom is 0.358 e. The summed E-state index contributed by atoms with van der Waals surface area (Å²) in [5.74, 6) is -0.839. The first-order valence-corrected chi connectivity index (χ1v) is 8.47. The molecule has 0 atom stereocenters. The van der Waals surface area contributed by atoms with E-state index in [4.69, 9.17) is 23.2 Å². The van der Waals surface area contributed by atoms with E-state index in [1.807, 2.05) is 0 Å². The minimum atomic E-state index is -4.03. The van der Waals surface area contributed by atoms with Gasteiger partial charge in [-0.2, -0.15) is 0 Å². The van der Waals surface area contributed by atoms with Gasteiger partial charge in [0.1, 0.15) is 0 Å². The zero-order valence-corrected chi connectivity index (χ0v) is 13.6. The van der Waals surface area contributed by atoms with Crippen molar-refractivity contribution in [2.45, 2.75) is 4.21 Å². The summed E-state index contributed by atoms with van der Waals surface area (Å²) < 4.78 is 31.1. The fourth-order valence-electron chi connectivity index (χ4n) is 1.43. The molecule has 0 radical (unpaired) electrons. The van der Waals surface area contributed by atoms with Gasteiger partial charge in [0.05, 0.1) is 28.4 Å². The van der Waals surface area contributed by atoms with Crippen LogP contribution >= 0.6 is 34.5 Å². The highest BCUT2D eigenvalue weighted by Crippen LogP contribution is 2.32. The van der Waals surface area contributed by atoms with Gasteiger partial charge in [-0.25, -0.2) is 18.2 Å². The van der Waals surface area contributed by atoms with E-state index in [0.717, 1.165) is 18.4 Å². The average Bonchev–Trinajstić information content (AvgIpc) is 2.93. The van der Waals surface area contributed by atoms with Gasteiger partial charge in [0.2, 0.25) is 0 Å². The van der Waals surface area contributed by atoms with Crippen molar-refractivity contribution < 1.29 is 17.9 Å². The van der Waals surface area contributed by atoms with E-state index in [0.29, 0.717) is 0 Å². The zero-order valence-electron chi connectivity index (χ0n) is 10.5. The number of thiazole rings is 1. The summed E-state index contributed by atoms with van der Waals surface area (Å²) in [5, 5.41) is 0.265. The molecule has 0 fully saturated rings. The van der Waals surface area contributed by atoms with Gasteiger partial charge in [-0.05, 0) is 12.1 Å². The molecule has 0 aliphatic heterocycles. The van der Waals surface area contributed by atoms with Crippen molar-refractivity contribution in [3.63, 3.8) is 0 Å². The van der Waals surface area contributed by atoms with E-state index in [1.54, 1.807) is 6.07 Å². The Bertz CT molecular complexity index is 789. The maximum atomic E-state index is 12.3. The van der Waals surface area contributed by atoms with Gasteiger partial charge in [-0.1, -0.05) is 29.3 Å². The van der Waals surface area contributed by atoms with Crippen molar-refractivity contribution in [2.24, 2.45) is 0 Å². The number of rotatable bonds is 4. The highest BCUT2D eigenvalue weighted by molar-refractivity contribution is 7.94. The Morgan fingerprint density at radius 1 is 1.38 bits per heavy atom. The Morgan fingerprint density at radius 3 is 2.76 bits per heavy atom. The van der Waals surface area contributed by atoms with E-state index in [-0.39, 0.29) is 25.6 Å². The molecule has 0 amide bonds. The number of sulfonamides is 1. The molecule has 1 aromatic heterocycles. The fourth-order valence-corrected chi connectivity index (χ4v) is 4.04. The molecule has 2 aromatic rings. The molecule has 2 rings (SSSR count). The summed E-state index contributed by atoms with van der Waals surface area (Å²) in [5.41, 5.74) is 1.06. The molecule has 0 bridgehead atoms. The lowest BCUT2D eigenvalue weighted by molar-refractivity contribution is 0.0590. The number of hydrogen-bond donors (Lipinski definition) is 1. The highest BCUT2D eigenvalue weighted by atomic mass is 35.5. The Balaban J connectivity index is 2.42. The summed E-state index contributed by atoms with van der Waals surface area (Å²) in [6.07, 6.45) is 0. The van der Waals surface area contributed by atoms with Gasteiger partial charge < -0.3 is 4.74 Å². The van der Waals surface area contributed by atoms with E-state index in [2.05, 4.69) is 14.4 Å². The molecular weight excluding hydrogens is 359 g/mol. The van der Waals surface area contributed by atoms with Crippen molar-refractivity contribution in [1.29, 1.82) is 0 Å². The molecule has 0 unspecified atom stereocenters. The van der Waals surface area contributed by atoms with Crippen LogP contribution < -0.4 is 4.72 Å². The van der Waals surface area contributed by atoms with E-state index in [1.165, 1.54) is 17.6 Å². The van der Waals surface area contributed by atoms with E-state index >= 15 is 0 Å². The molecule has 0 saturated carbocycles. The monoisotopic (exact) mass is 366 g/mol. The molecule has 1 aromatic carbocycles. The second kappa shape index (κ2) is 6.18. The first-order chi connectivity index (χ1) is 9.86. The van der Waals surface area contributed by atoms with Crippen LogP contribution in [0.5, 0.6) is 0 Å². The van der Waals surface area contributed by atoms with E-state index in [9.17, 15) is 13.2 Å². The number of hydrogen-bond acceptors (Lipinski definition) is 6. The fraction of sp³-hybridized carbons (Fsp3) is 0.0909. The lowest BCUT2D eigenvalue weighted by atomic mass is 10.3. The Hall–Kier alpha value is -1.35. The minimum Gasteiger partial charge on any atom is -0.464 e. The number of methoxy groups -OCH3 is 1. The van der Waals surface area contributed by atoms with Crippen LogP contribution in [0, 0.1) is 0 Å². The number of ether oxygens (including phenoxy) is 1. The summed E-state index contributed by atoms with van der Waals surface area (Å²) in [6.45, 7) is 0. The minimum absolute atomic E-state index is 0.0619. The second-order valence-corrected chi connectivity index (χ2v) is 7.20. The molecule has 21 heavy (non-hydrogen) atoms. The van der Waals surface area contributed by atoms with Crippen molar-refractivity contribution in [3.8, 4) is 0 Å². The third kappa shape index (κ3) is 3.29. The number of anilines is 1. The van der Waals surface area contributed by atoms with Gasteiger partial charge >= 0.3 is 5.97 Å². The van der Waals surface area contributed by atoms with Crippen molar-refractivity contribution in [3.05, 3.63) is 39.4 Å². The SMILES string of the molecule is COC(=O)c1ncsc1S(=O)(=O)Nc1cccc(Cl)c1Cl. The second-order valence-electron chi connectivity index (χ2n) is 3.69. The van der Waals surface area contributed by atoms with Crippen LogP contribution in [0.4, 0.5) is 5.69 Å². The molecule has 6 nitrogen and oxygen atoms in total. The van der Waals surface area contributed by atoms with Gasteiger partial charge in [-0.3, -0.25) is 4.72 Å². The molecule has 112 valence electrons. The molecule has 0 aliphatic carbocycles. The molecule has 1 N–H and O–H groups in total. The first-order valence-electron chi connectivity index (χ1n) is 5.35. The molecular formula is C11H8Cl2N2O4S2. The Kier molecular flexibility index (Phi) is 4.72. The number of aromatic nitrogens is 1. The molecule has 0 aliphatic rings. The predicted molar refractivity (Wildman–Crippen MR) is 80.7 cm³/mol. The van der Waals surface area contributed by atoms with Gasteiger partial charge in [0, 0.05) is 0 Å². The van der Waals surface area contributed by atoms with Crippen LogP contribution in [-0.2, 0) is 14.8 Å². The number of carbonyl (C=O) groups excluding carboxylic acids is 1. The number of esters is 1. The van der Waals surface area contributed by atoms with Gasteiger partial charge in [0.15, 0.2) is 9.90 Å². The number of nitrogens with zero attached hydrogens (tertiary/aromatic N) is 1. The highest BCUT2D eigenvalue weighted by Gasteiger charge is 2.27. The number of nitrogens with one attached hydrogen (secondary N) is 1. The number of benzene rings is 1.